The minimum atomic E-state index is -0.0455. The molecule has 0 saturated carbocycles. The van der Waals surface area contributed by atoms with E-state index in [1.54, 1.807) is 11.3 Å². The number of aromatic nitrogens is 5. The largest absolute Gasteiger partial charge is 0.321 e. The van der Waals surface area contributed by atoms with Crippen molar-refractivity contribution in [2.75, 3.05) is 0 Å². The zero-order valence-electron chi connectivity index (χ0n) is 21.5. The zero-order valence-corrected chi connectivity index (χ0v) is 22.3. The van der Waals surface area contributed by atoms with E-state index in [0.717, 1.165) is 40.7 Å². The lowest BCUT2D eigenvalue weighted by Gasteiger charge is -2.30. The number of nitrogens with one attached hydrogen (secondary N) is 1. The molecule has 37 heavy (non-hydrogen) atoms. The van der Waals surface area contributed by atoms with Crippen LogP contribution in [0.2, 0.25) is 0 Å². The fourth-order valence-electron chi connectivity index (χ4n) is 4.88. The van der Waals surface area contributed by atoms with E-state index in [0.29, 0.717) is 19.6 Å². The van der Waals surface area contributed by atoms with Crippen LogP contribution in [0, 0.1) is 13.8 Å². The summed E-state index contributed by atoms with van der Waals surface area (Å²) < 4.78 is 1.92. The first-order valence-corrected chi connectivity index (χ1v) is 13.6. The number of H-pyrrole nitrogens is 1. The van der Waals surface area contributed by atoms with Crippen LogP contribution in [0.25, 0.3) is 10.9 Å². The molecule has 0 aliphatic rings. The molecule has 0 bridgehead atoms. The van der Waals surface area contributed by atoms with Crippen LogP contribution in [0.15, 0.2) is 70.8 Å². The topological polar surface area (TPSA) is 79.7 Å². The Bertz CT molecular complexity index is 1520. The molecule has 1 atom stereocenters. The van der Waals surface area contributed by atoms with Gasteiger partial charge >= 0.3 is 0 Å². The molecule has 0 radical (unpaired) electrons. The summed E-state index contributed by atoms with van der Waals surface area (Å²) in [4.78, 5) is 19.9. The molecule has 0 fully saturated rings. The van der Waals surface area contributed by atoms with Gasteiger partial charge in [0.15, 0.2) is 5.82 Å². The van der Waals surface area contributed by atoms with E-state index in [1.807, 2.05) is 16.8 Å². The van der Waals surface area contributed by atoms with Gasteiger partial charge in [0.25, 0.3) is 5.56 Å². The van der Waals surface area contributed by atoms with Gasteiger partial charge < -0.3 is 4.98 Å². The third-order valence-corrected chi connectivity index (χ3v) is 7.94. The first kappa shape index (κ1) is 25.0. The number of pyridine rings is 1. The highest BCUT2D eigenvalue weighted by Crippen LogP contribution is 2.28. The number of benzene rings is 2. The molecular formula is C29H32N6OS. The van der Waals surface area contributed by atoms with Crippen LogP contribution < -0.4 is 5.56 Å². The Balaban J connectivity index is 1.47. The fraction of sp³-hybridized carbons (Fsp3) is 0.310. The van der Waals surface area contributed by atoms with Gasteiger partial charge in [-0.15, -0.1) is 16.4 Å². The molecule has 1 N–H and O–H groups in total. The Morgan fingerprint density at radius 1 is 1.05 bits per heavy atom. The van der Waals surface area contributed by atoms with Crippen molar-refractivity contribution in [3.8, 4) is 0 Å². The molecule has 2 aromatic carbocycles. The van der Waals surface area contributed by atoms with Crippen LogP contribution in [0.5, 0.6) is 0 Å². The Morgan fingerprint density at radius 2 is 1.89 bits per heavy atom. The van der Waals surface area contributed by atoms with Crippen molar-refractivity contribution in [1.82, 2.24) is 30.1 Å². The molecule has 0 saturated heterocycles. The number of hydrogen-bond donors (Lipinski definition) is 1. The van der Waals surface area contributed by atoms with Crippen LogP contribution in [0.1, 0.15) is 52.3 Å². The molecule has 0 amide bonds. The number of aromatic amines is 1. The second-order valence-electron chi connectivity index (χ2n) is 9.50. The van der Waals surface area contributed by atoms with Crippen LogP contribution in [-0.4, -0.2) is 30.1 Å². The molecule has 5 rings (SSSR count). The van der Waals surface area contributed by atoms with Crippen molar-refractivity contribution < 1.29 is 0 Å². The zero-order chi connectivity index (χ0) is 25.8. The highest BCUT2D eigenvalue weighted by atomic mass is 32.1. The maximum Gasteiger partial charge on any atom is 0.252 e. The predicted octanol–water partition coefficient (Wildman–Crippen LogP) is 5.59. The second-order valence-corrected chi connectivity index (χ2v) is 10.5. The third kappa shape index (κ3) is 5.55. The Hall–Kier alpha value is -3.62. The molecule has 0 aliphatic carbocycles. The molecule has 0 spiro atoms. The molecule has 7 nitrogen and oxygen atoms in total. The number of nitrogens with zero attached hydrogens (tertiary/aromatic N) is 5. The monoisotopic (exact) mass is 512 g/mol. The van der Waals surface area contributed by atoms with E-state index in [2.05, 4.69) is 100 Å². The highest BCUT2D eigenvalue weighted by molar-refractivity contribution is 7.09. The minimum Gasteiger partial charge on any atom is -0.321 e. The van der Waals surface area contributed by atoms with Gasteiger partial charge in [-0.05, 0) is 76.7 Å². The van der Waals surface area contributed by atoms with E-state index in [-0.39, 0.29) is 11.6 Å². The van der Waals surface area contributed by atoms with Crippen molar-refractivity contribution in [2.45, 2.75) is 59.3 Å². The average molecular weight is 513 g/mol. The first-order valence-electron chi connectivity index (χ1n) is 12.7. The second kappa shape index (κ2) is 11.2. The molecule has 0 unspecified atom stereocenters. The van der Waals surface area contributed by atoms with Crippen molar-refractivity contribution in [3.05, 3.63) is 109 Å². The summed E-state index contributed by atoms with van der Waals surface area (Å²) in [6, 6.07) is 20.8. The molecule has 3 heterocycles. The summed E-state index contributed by atoms with van der Waals surface area (Å²) >= 11 is 1.72. The standard InChI is InChI=1S/C29H32N6OS/c1-4-26(28-31-32-33-35(28)15-14-22-9-6-5-7-10-22)34(19-25-11-8-16-37-25)18-24-17-23-13-12-20(2)21(3)27(23)30-29(24)36/h5-13,16-17,26H,4,14-15,18-19H2,1-3H3,(H,30,36)/t26-/m1/s1. The summed E-state index contributed by atoms with van der Waals surface area (Å²) in [7, 11) is 0. The Kier molecular flexibility index (Phi) is 7.58. The summed E-state index contributed by atoms with van der Waals surface area (Å²) in [6.07, 6.45) is 1.67. The van der Waals surface area contributed by atoms with E-state index < -0.39 is 0 Å². The third-order valence-electron chi connectivity index (χ3n) is 7.08. The van der Waals surface area contributed by atoms with Crippen molar-refractivity contribution >= 4 is 22.2 Å². The van der Waals surface area contributed by atoms with E-state index >= 15 is 0 Å². The fourth-order valence-corrected chi connectivity index (χ4v) is 5.61. The van der Waals surface area contributed by atoms with Gasteiger partial charge in [-0.25, -0.2) is 4.68 Å². The Labute approximate surface area is 220 Å². The number of aryl methyl sites for hydroxylation is 4. The van der Waals surface area contributed by atoms with E-state index in [1.165, 1.54) is 16.0 Å². The van der Waals surface area contributed by atoms with Gasteiger partial charge in [-0.2, -0.15) is 0 Å². The van der Waals surface area contributed by atoms with Crippen LogP contribution in [0.3, 0.4) is 0 Å². The van der Waals surface area contributed by atoms with Gasteiger partial charge in [-0.3, -0.25) is 9.69 Å². The summed E-state index contributed by atoms with van der Waals surface area (Å²) in [6.45, 7) is 8.19. The predicted molar refractivity (Wildman–Crippen MR) is 149 cm³/mol. The molecule has 0 aliphatic heterocycles. The van der Waals surface area contributed by atoms with Gasteiger partial charge in [-0.1, -0.05) is 55.5 Å². The molecule has 3 aromatic heterocycles. The van der Waals surface area contributed by atoms with Crippen molar-refractivity contribution in [2.24, 2.45) is 0 Å². The van der Waals surface area contributed by atoms with Gasteiger partial charge in [0.2, 0.25) is 0 Å². The summed E-state index contributed by atoms with van der Waals surface area (Å²) in [5.74, 6) is 0.832. The Morgan fingerprint density at radius 3 is 2.65 bits per heavy atom. The van der Waals surface area contributed by atoms with Crippen molar-refractivity contribution in [1.29, 1.82) is 0 Å². The maximum atomic E-state index is 13.2. The highest BCUT2D eigenvalue weighted by Gasteiger charge is 2.26. The lowest BCUT2D eigenvalue weighted by molar-refractivity contribution is 0.162. The van der Waals surface area contributed by atoms with Gasteiger partial charge in [0, 0.05) is 30.1 Å². The van der Waals surface area contributed by atoms with E-state index in [9.17, 15) is 4.79 Å². The summed E-state index contributed by atoms with van der Waals surface area (Å²) in [5.41, 5.74) is 5.14. The lowest BCUT2D eigenvalue weighted by Crippen LogP contribution is -2.32. The average Bonchev–Trinajstić information content (AvgIpc) is 3.59. The van der Waals surface area contributed by atoms with E-state index in [4.69, 9.17) is 0 Å². The van der Waals surface area contributed by atoms with Crippen molar-refractivity contribution in [3.63, 3.8) is 0 Å². The van der Waals surface area contributed by atoms with Crippen LogP contribution >= 0.6 is 11.3 Å². The normalized spacial score (nSPS) is 12.4. The number of thiophene rings is 1. The molecule has 5 aromatic rings. The first-order chi connectivity index (χ1) is 18.0. The SMILES string of the molecule is CC[C@H](c1nnnn1CCc1ccccc1)N(Cc1cccs1)Cc1cc2ccc(C)c(C)c2[nH]c1=O. The van der Waals surface area contributed by atoms with Gasteiger partial charge in [0.05, 0.1) is 11.6 Å². The quantitative estimate of drug-likeness (QED) is 0.264. The van der Waals surface area contributed by atoms with Gasteiger partial charge in [0.1, 0.15) is 0 Å². The number of fused-ring (bicyclic) bond motifs is 1. The number of rotatable bonds is 10. The smallest absolute Gasteiger partial charge is 0.252 e. The minimum absolute atomic E-state index is 0.0391. The van der Waals surface area contributed by atoms with Crippen LogP contribution in [-0.2, 0) is 26.1 Å². The van der Waals surface area contributed by atoms with Crippen LogP contribution in [0.4, 0.5) is 0 Å². The molecule has 8 heteroatoms. The number of hydrogen-bond acceptors (Lipinski definition) is 6. The number of tetrazole rings is 1. The lowest BCUT2D eigenvalue weighted by atomic mass is 10.0. The molecular weight excluding hydrogens is 480 g/mol. The maximum absolute atomic E-state index is 13.2. The summed E-state index contributed by atoms with van der Waals surface area (Å²) in [5, 5.41) is 16.0. The molecule has 190 valence electrons.